The smallest absolute Gasteiger partial charge is 0.222 e. The molecule has 0 unspecified atom stereocenters. The molecule has 1 heterocycles. The second-order valence-electron chi connectivity index (χ2n) is 4.35. The molecule has 76 valence electrons. The Hall–Kier alpha value is -0.340. The van der Waals surface area contributed by atoms with Crippen molar-refractivity contribution in [2.75, 3.05) is 0 Å². The lowest BCUT2D eigenvalue weighted by Crippen LogP contribution is -2.26. The highest BCUT2D eigenvalue weighted by Gasteiger charge is 2.31. The predicted octanol–water partition coefficient (Wildman–Crippen LogP) is 3.40. The summed E-state index contributed by atoms with van der Waals surface area (Å²) < 4.78 is 0. The summed E-state index contributed by atoms with van der Waals surface area (Å²) >= 11 is 11.8. The van der Waals surface area contributed by atoms with Gasteiger partial charge in [-0.2, -0.15) is 0 Å². The molecule has 2 nitrogen and oxygen atoms in total. The molecule has 0 bridgehead atoms. The van der Waals surface area contributed by atoms with Crippen LogP contribution in [-0.4, -0.2) is 9.97 Å². The molecular formula is C10H12Cl2N2. The van der Waals surface area contributed by atoms with Crippen LogP contribution in [0.25, 0.3) is 0 Å². The van der Waals surface area contributed by atoms with E-state index in [1.165, 1.54) is 0 Å². The van der Waals surface area contributed by atoms with E-state index in [0.717, 1.165) is 30.5 Å². The highest BCUT2D eigenvalue weighted by Crippen LogP contribution is 2.38. The van der Waals surface area contributed by atoms with E-state index in [2.05, 4.69) is 23.8 Å². The Morgan fingerprint density at radius 1 is 1.21 bits per heavy atom. The van der Waals surface area contributed by atoms with Crippen molar-refractivity contribution in [3.8, 4) is 0 Å². The molecule has 0 amide bonds. The van der Waals surface area contributed by atoms with Gasteiger partial charge >= 0.3 is 0 Å². The molecule has 0 radical (unpaired) electrons. The maximum absolute atomic E-state index is 6.04. The van der Waals surface area contributed by atoms with Crippen molar-refractivity contribution in [1.29, 1.82) is 0 Å². The Bertz CT molecular complexity index is 375. The fraction of sp³-hybridized carbons (Fsp3) is 0.600. The van der Waals surface area contributed by atoms with Crippen LogP contribution < -0.4 is 0 Å². The van der Waals surface area contributed by atoms with Crippen molar-refractivity contribution in [3.05, 3.63) is 21.7 Å². The first-order valence-corrected chi connectivity index (χ1v) is 5.49. The molecule has 0 fully saturated rings. The van der Waals surface area contributed by atoms with E-state index in [0.29, 0.717) is 5.15 Å². The zero-order chi connectivity index (χ0) is 10.3. The number of hydrogen-bond donors (Lipinski definition) is 0. The average Bonchev–Trinajstić information content (AvgIpc) is 2.06. The Labute approximate surface area is 93.7 Å². The number of fused-ring (bicyclic) bond motifs is 1. The third-order valence-corrected chi connectivity index (χ3v) is 3.28. The first kappa shape index (κ1) is 10.2. The molecule has 14 heavy (non-hydrogen) atoms. The van der Waals surface area contributed by atoms with Gasteiger partial charge in [0.25, 0.3) is 0 Å². The topological polar surface area (TPSA) is 25.8 Å². The summed E-state index contributed by atoms with van der Waals surface area (Å²) in [5, 5.41) is 0.775. The van der Waals surface area contributed by atoms with Gasteiger partial charge in [0, 0.05) is 11.0 Å². The number of aromatic nitrogens is 2. The lowest BCUT2D eigenvalue weighted by Gasteiger charge is -2.31. The Kier molecular flexibility index (Phi) is 2.44. The Morgan fingerprint density at radius 3 is 2.64 bits per heavy atom. The van der Waals surface area contributed by atoms with Crippen molar-refractivity contribution in [2.45, 2.75) is 38.5 Å². The molecule has 4 heteroatoms. The summed E-state index contributed by atoms with van der Waals surface area (Å²) in [6, 6.07) is 0. The molecule has 1 aromatic rings. The molecule has 0 saturated heterocycles. The third-order valence-electron chi connectivity index (χ3n) is 2.80. The Balaban J connectivity index is 2.63. The van der Waals surface area contributed by atoms with Crippen molar-refractivity contribution >= 4 is 23.2 Å². The molecule has 0 aliphatic heterocycles. The van der Waals surface area contributed by atoms with Crippen LogP contribution in [0.4, 0.5) is 0 Å². The van der Waals surface area contributed by atoms with Gasteiger partial charge in [-0.3, -0.25) is 0 Å². The SMILES string of the molecule is CC1(C)CCCc2c(Cl)nc(Cl)nc21. The fourth-order valence-corrected chi connectivity index (χ4v) is 2.51. The summed E-state index contributed by atoms with van der Waals surface area (Å²) in [6.45, 7) is 4.34. The first-order chi connectivity index (χ1) is 6.50. The lowest BCUT2D eigenvalue weighted by molar-refractivity contribution is 0.416. The average molecular weight is 231 g/mol. The van der Waals surface area contributed by atoms with Crippen LogP contribution >= 0.6 is 23.2 Å². The van der Waals surface area contributed by atoms with Crippen molar-refractivity contribution < 1.29 is 0 Å². The largest absolute Gasteiger partial charge is 0.224 e. The molecule has 1 aliphatic rings. The Morgan fingerprint density at radius 2 is 1.93 bits per heavy atom. The monoisotopic (exact) mass is 230 g/mol. The zero-order valence-electron chi connectivity index (χ0n) is 8.27. The summed E-state index contributed by atoms with van der Waals surface area (Å²) in [4.78, 5) is 8.27. The van der Waals surface area contributed by atoms with Crippen LogP contribution in [0, 0.1) is 0 Å². The van der Waals surface area contributed by atoms with Crippen LogP contribution in [-0.2, 0) is 11.8 Å². The van der Waals surface area contributed by atoms with Gasteiger partial charge in [-0.1, -0.05) is 25.4 Å². The number of hydrogen-bond acceptors (Lipinski definition) is 2. The molecule has 0 N–H and O–H groups in total. The zero-order valence-corrected chi connectivity index (χ0v) is 9.78. The molecule has 0 spiro atoms. The van der Waals surface area contributed by atoms with E-state index in [-0.39, 0.29) is 10.7 Å². The minimum atomic E-state index is 0.0732. The molecule has 2 rings (SSSR count). The molecule has 1 aliphatic carbocycles. The van der Waals surface area contributed by atoms with Gasteiger partial charge < -0.3 is 0 Å². The summed E-state index contributed by atoms with van der Waals surface area (Å²) in [5.41, 5.74) is 2.17. The van der Waals surface area contributed by atoms with Crippen LogP contribution in [0.15, 0.2) is 0 Å². The second kappa shape index (κ2) is 3.35. The minimum Gasteiger partial charge on any atom is -0.222 e. The van der Waals surface area contributed by atoms with Crippen LogP contribution in [0.3, 0.4) is 0 Å². The van der Waals surface area contributed by atoms with E-state index in [1.54, 1.807) is 0 Å². The van der Waals surface area contributed by atoms with Gasteiger partial charge in [0.05, 0.1) is 5.69 Å². The van der Waals surface area contributed by atoms with Crippen LogP contribution in [0.1, 0.15) is 37.9 Å². The van der Waals surface area contributed by atoms with Crippen molar-refractivity contribution in [1.82, 2.24) is 9.97 Å². The number of rotatable bonds is 0. The molecular weight excluding hydrogens is 219 g/mol. The highest BCUT2D eigenvalue weighted by molar-refractivity contribution is 6.32. The van der Waals surface area contributed by atoms with Crippen molar-refractivity contribution in [2.24, 2.45) is 0 Å². The van der Waals surface area contributed by atoms with Crippen LogP contribution in [0.2, 0.25) is 10.4 Å². The standard InChI is InChI=1S/C10H12Cl2N2/c1-10(2)5-3-4-6-7(10)13-9(12)14-8(6)11/h3-5H2,1-2H3. The van der Waals surface area contributed by atoms with Gasteiger partial charge in [-0.05, 0) is 30.9 Å². The second-order valence-corrected chi connectivity index (χ2v) is 5.04. The van der Waals surface area contributed by atoms with E-state index in [9.17, 15) is 0 Å². The predicted molar refractivity (Wildman–Crippen MR) is 58.0 cm³/mol. The summed E-state index contributed by atoms with van der Waals surface area (Å²) in [7, 11) is 0. The molecule has 0 aromatic carbocycles. The lowest BCUT2D eigenvalue weighted by atomic mass is 9.76. The number of halogens is 2. The molecule has 0 atom stereocenters. The van der Waals surface area contributed by atoms with E-state index in [4.69, 9.17) is 23.2 Å². The fourth-order valence-electron chi connectivity index (χ4n) is 2.04. The van der Waals surface area contributed by atoms with Crippen LogP contribution in [0.5, 0.6) is 0 Å². The third kappa shape index (κ3) is 1.61. The highest BCUT2D eigenvalue weighted by atomic mass is 35.5. The van der Waals surface area contributed by atoms with Gasteiger partial charge in [-0.15, -0.1) is 0 Å². The summed E-state index contributed by atoms with van der Waals surface area (Å²) in [6.07, 6.45) is 3.24. The maximum atomic E-state index is 6.04. The van der Waals surface area contributed by atoms with Gasteiger partial charge in [-0.25, -0.2) is 9.97 Å². The number of nitrogens with zero attached hydrogens (tertiary/aromatic N) is 2. The van der Waals surface area contributed by atoms with Gasteiger partial charge in [0.1, 0.15) is 5.15 Å². The van der Waals surface area contributed by atoms with E-state index >= 15 is 0 Å². The molecule has 0 saturated carbocycles. The van der Waals surface area contributed by atoms with Crippen molar-refractivity contribution in [3.63, 3.8) is 0 Å². The summed E-state index contributed by atoms with van der Waals surface area (Å²) in [5.74, 6) is 0. The quantitative estimate of drug-likeness (QED) is 0.505. The molecule has 1 aromatic heterocycles. The first-order valence-electron chi connectivity index (χ1n) is 4.73. The van der Waals surface area contributed by atoms with E-state index < -0.39 is 0 Å². The normalized spacial score (nSPS) is 19.1. The van der Waals surface area contributed by atoms with E-state index in [1.807, 2.05) is 0 Å². The minimum absolute atomic E-state index is 0.0732. The van der Waals surface area contributed by atoms with Gasteiger partial charge in [0.2, 0.25) is 5.28 Å². The maximum Gasteiger partial charge on any atom is 0.224 e. The van der Waals surface area contributed by atoms with Gasteiger partial charge in [0.15, 0.2) is 0 Å².